The van der Waals surface area contributed by atoms with E-state index in [2.05, 4.69) is 31.1 Å². The minimum absolute atomic E-state index is 0.236. The lowest BCUT2D eigenvalue weighted by Crippen LogP contribution is -2.50. The van der Waals surface area contributed by atoms with Gasteiger partial charge in [-0.1, -0.05) is 40.7 Å². The van der Waals surface area contributed by atoms with Crippen molar-refractivity contribution in [3.63, 3.8) is 0 Å². The summed E-state index contributed by atoms with van der Waals surface area (Å²) >= 11 is 0. The van der Waals surface area contributed by atoms with Gasteiger partial charge in [0.15, 0.2) is 0 Å². The number of carbonyl (C=O) groups excluding carboxylic acids is 2. The smallest absolute Gasteiger partial charge is 0.286 e. The van der Waals surface area contributed by atoms with Crippen LogP contribution in [0.3, 0.4) is 0 Å². The number of fused-ring (bicyclic) bond motifs is 1. The van der Waals surface area contributed by atoms with Crippen LogP contribution in [0.15, 0.2) is 30.6 Å². The van der Waals surface area contributed by atoms with E-state index >= 15 is 0 Å². The number of hydrogen-bond donors (Lipinski definition) is 1. The molecule has 0 unspecified atom stereocenters. The van der Waals surface area contributed by atoms with Crippen molar-refractivity contribution in [2.24, 2.45) is 5.92 Å². The largest absolute Gasteiger partial charge is 0.329 e. The average Bonchev–Trinajstić information content (AvgIpc) is 2.93. The zero-order valence-electron chi connectivity index (χ0n) is 14.5. The molecule has 1 N–H and O–H groups in total. The van der Waals surface area contributed by atoms with E-state index in [-0.39, 0.29) is 5.91 Å². The first-order chi connectivity index (χ1) is 11.0. The van der Waals surface area contributed by atoms with Gasteiger partial charge in [-0.05, 0) is 18.1 Å². The summed E-state index contributed by atoms with van der Waals surface area (Å²) in [5, 5.41) is 2.29. The molecule has 6 heteroatoms. The molecule has 0 aliphatic carbocycles. The number of anilines is 1. The lowest BCUT2D eigenvalue weighted by Gasteiger charge is -2.25. The van der Waals surface area contributed by atoms with Gasteiger partial charge in [0.1, 0.15) is 11.5 Å². The molecule has 0 atom stereocenters. The number of imidazole rings is 1. The van der Waals surface area contributed by atoms with Crippen LogP contribution < -0.4 is 10.2 Å². The molecule has 3 heterocycles. The van der Waals surface area contributed by atoms with Crippen LogP contribution in [0, 0.1) is 5.92 Å². The van der Waals surface area contributed by atoms with Crippen LogP contribution in [0.4, 0.5) is 10.6 Å². The van der Waals surface area contributed by atoms with E-state index in [4.69, 9.17) is 0 Å². The van der Waals surface area contributed by atoms with Crippen molar-refractivity contribution in [3.8, 4) is 0 Å². The molecule has 0 radical (unpaired) electrons. The predicted octanol–water partition coefficient (Wildman–Crippen LogP) is 3.47. The maximum Gasteiger partial charge on any atom is 0.329 e. The van der Waals surface area contributed by atoms with E-state index in [1.165, 1.54) is 4.90 Å². The summed E-state index contributed by atoms with van der Waals surface area (Å²) < 4.78 is 1.81. The predicted molar refractivity (Wildman–Crippen MR) is 92.6 cm³/mol. The summed E-state index contributed by atoms with van der Waals surface area (Å²) in [6.45, 7) is 10.9. The highest BCUT2D eigenvalue weighted by Crippen LogP contribution is 2.18. The number of pyridine rings is 1. The van der Waals surface area contributed by atoms with Crippen molar-refractivity contribution in [1.82, 2.24) is 14.7 Å². The van der Waals surface area contributed by atoms with Gasteiger partial charge in [-0.25, -0.2) is 9.78 Å². The molecule has 3 rings (SSSR count). The number of hydrogen-bond acceptors (Lipinski definition) is 3. The summed E-state index contributed by atoms with van der Waals surface area (Å²) in [6, 6.07) is 5.21. The highest BCUT2D eigenvalue weighted by molar-refractivity contribution is 6.05. The summed E-state index contributed by atoms with van der Waals surface area (Å²) in [5.41, 5.74) is 0.771. The highest BCUT2D eigenvalue weighted by Gasteiger charge is 2.26. The van der Waals surface area contributed by atoms with Gasteiger partial charge in [-0.2, -0.15) is 0 Å². The van der Waals surface area contributed by atoms with Gasteiger partial charge in [0.2, 0.25) is 5.91 Å². The molecule has 23 heavy (non-hydrogen) atoms. The number of amides is 3. The minimum atomic E-state index is -0.396. The maximum atomic E-state index is 11.7. The van der Waals surface area contributed by atoms with E-state index in [1.54, 1.807) is 6.20 Å². The molecule has 2 aromatic heterocycles. The van der Waals surface area contributed by atoms with Crippen molar-refractivity contribution in [2.75, 3.05) is 11.4 Å². The second-order valence-corrected chi connectivity index (χ2v) is 5.53. The van der Waals surface area contributed by atoms with Gasteiger partial charge in [0.05, 0.1) is 6.20 Å². The lowest BCUT2D eigenvalue weighted by molar-refractivity contribution is -0.120. The van der Waals surface area contributed by atoms with E-state index in [9.17, 15) is 9.59 Å². The van der Waals surface area contributed by atoms with Gasteiger partial charge >= 0.3 is 6.03 Å². The average molecular weight is 318 g/mol. The minimum Gasteiger partial charge on any atom is -0.286 e. The number of carbonyl (C=O) groups is 2. The van der Waals surface area contributed by atoms with Crippen molar-refractivity contribution >= 4 is 23.4 Å². The quantitative estimate of drug-likeness (QED) is 0.875. The number of urea groups is 1. The van der Waals surface area contributed by atoms with Crippen molar-refractivity contribution in [3.05, 3.63) is 30.6 Å². The van der Waals surface area contributed by atoms with Gasteiger partial charge in [-0.3, -0.25) is 19.4 Å². The Morgan fingerprint density at radius 1 is 1.17 bits per heavy atom. The number of aromatic nitrogens is 2. The normalized spacial score (nSPS) is 13.9. The first kappa shape index (κ1) is 18.7. The Hall–Kier alpha value is -2.37. The molecular formula is C17H26N4O2. The standard InChI is InChI=1S/C11H10N4O2.C4H10.C2H6/c16-9-4-6-15(11(17)13-9)10-7-12-8-3-1-2-5-14(8)10;1-4(2)3;1-2/h1-3,5,7H,4,6H2,(H,13,16,17);4H,1-3H3;1-2H3. The number of nitrogens with one attached hydrogen (secondary N) is 1. The molecule has 1 saturated heterocycles. The van der Waals surface area contributed by atoms with E-state index < -0.39 is 6.03 Å². The Kier molecular flexibility index (Phi) is 7.25. The summed E-state index contributed by atoms with van der Waals surface area (Å²) in [6.07, 6.45) is 3.78. The molecular weight excluding hydrogens is 292 g/mol. The van der Waals surface area contributed by atoms with Crippen LogP contribution in [-0.4, -0.2) is 27.9 Å². The Morgan fingerprint density at radius 3 is 2.43 bits per heavy atom. The van der Waals surface area contributed by atoms with Gasteiger partial charge in [0.25, 0.3) is 0 Å². The van der Waals surface area contributed by atoms with Crippen LogP contribution in [0.1, 0.15) is 41.0 Å². The number of imide groups is 1. The fourth-order valence-electron chi connectivity index (χ4n) is 1.90. The molecule has 1 aliphatic heterocycles. The van der Waals surface area contributed by atoms with Crippen molar-refractivity contribution in [2.45, 2.75) is 41.0 Å². The molecule has 126 valence electrons. The monoisotopic (exact) mass is 318 g/mol. The van der Waals surface area contributed by atoms with Crippen LogP contribution in [-0.2, 0) is 4.79 Å². The van der Waals surface area contributed by atoms with E-state index in [0.717, 1.165) is 11.6 Å². The van der Waals surface area contributed by atoms with E-state index in [1.807, 2.05) is 42.6 Å². The molecule has 0 saturated carbocycles. The summed E-state index contributed by atoms with van der Waals surface area (Å²) in [7, 11) is 0. The van der Waals surface area contributed by atoms with Gasteiger partial charge in [0, 0.05) is 19.2 Å². The molecule has 6 nitrogen and oxygen atoms in total. The lowest BCUT2D eigenvalue weighted by atomic mass is 10.3. The molecule has 1 aliphatic rings. The van der Waals surface area contributed by atoms with Crippen LogP contribution in [0.25, 0.3) is 5.65 Å². The first-order valence-electron chi connectivity index (χ1n) is 8.02. The zero-order chi connectivity index (χ0) is 17.4. The SMILES string of the molecule is CC.CC(C)C.O=C1CCN(c2cnc3ccccn23)C(=O)N1. The third-order valence-electron chi connectivity index (χ3n) is 2.73. The topological polar surface area (TPSA) is 66.7 Å². The maximum absolute atomic E-state index is 11.7. The number of nitrogens with zero attached hydrogens (tertiary/aromatic N) is 3. The van der Waals surface area contributed by atoms with Gasteiger partial charge in [-0.15, -0.1) is 0 Å². The molecule has 0 bridgehead atoms. The molecule has 2 aromatic rings. The van der Waals surface area contributed by atoms with Crippen LogP contribution in [0.2, 0.25) is 0 Å². The van der Waals surface area contributed by atoms with Crippen molar-refractivity contribution < 1.29 is 9.59 Å². The fraction of sp³-hybridized carbons (Fsp3) is 0.471. The molecule has 1 fully saturated rings. The zero-order valence-corrected chi connectivity index (χ0v) is 14.5. The van der Waals surface area contributed by atoms with Crippen molar-refractivity contribution in [1.29, 1.82) is 0 Å². The summed E-state index contributed by atoms with van der Waals surface area (Å²) in [4.78, 5) is 28.5. The molecule has 0 aromatic carbocycles. The van der Waals surface area contributed by atoms with Crippen LogP contribution >= 0.6 is 0 Å². The second-order valence-electron chi connectivity index (χ2n) is 5.53. The Bertz CT molecular complexity index is 646. The third-order valence-corrected chi connectivity index (χ3v) is 2.73. The highest BCUT2D eigenvalue weighted by atomic mass is 16.2. The Morgan fingerprint density at radius 2 is 1.83 bits per heavy atom. The molecule has 3 amide bonds. The Balaban J connectivity index is 0.000000388. The van der Waals surface area contributed by atoms with Crippen LogP contribution in [0.5, 0.6) is 0 Å². The number of rotatable bonds is 1. The van der Waals surface area contributed by atoms with E-state index in [0.29, 0.717) is 18.8 Å². The third kappa shape index (κ3) is 5.09. The summed E-state index contributed by atoms with van der Waals surface area (Å²) in [5.74, 6) is 1.27. The van der Waals surface area contributed by atoms with Gasteiger partial charge < -0.3 is 0 Å². The molecule has 0 spiro atoms. The second kappa shape index (κ2) is 8.92. The fourth-order valence-corrected chi connectivity index (χ4v) is 1.90. The first-order valence-corrected chi connectivity index (χ1v) is 8.02. The Labute approximate surface area is 137 Å².